The average Bonchev–Trinajstić information content (AvgIpc) is 2.61. The second-order valence-corrected chi connectivity index (χ2v) is 5.89. The summed E-state index contributed by atoms with van der Waals surface area (Å²) in [5.41, 5.74) is 0.715. The second kappa shape index (κ2) is 4.43. The highest BCUT2D eigenvalue weighted by atomic mass is 16.5. The molecule has 0 radical (unpaired) electrons. The third kappa shape index (κ3) is 1.66. The van der Waals surface area contributed by atoms with Gasteiger partial charge in [-0.15, -0.1) is 0 Å². The van der Waals surface area contributed by atoms with Crippen LogP contribution in [0.3, 0.4) is 0 Å². The molecular weight excluding hydrogens is 282 g/mol. The fourth-order valence-corrected chi connectivity index (χ4v) is 3.58. The Morgan fingerprint density at radius 2 is 1.17 bits per heavy atom. The van der Waals surface area contributed by atoms with Crippen molar-refractivity contribution in [2.75, 3.05) is 0 Å². The van der Waals surface area contributed by atoms with Crippen molar-refractivity contribution in [3.05, 3.63) is 84.2 Å². The first kappa shape index (κ1) is 12.4. The van der Waals surface area contributed by atoms with Crippen LogP contribution in [0.1, 0.15) is 0 Å². The molecule has 0 aliphatic heterocycles. The molecule has 23 heavy (non-hydrogen) atoms. The van der Waals surface area contributed by atoms with Crippen molar-refractivity contribution in [3.63, 3.8) is 0 Å². The molecule has 0 fully saturated rings. The van der Waals surface area contributed by atoms with Gasteiger partial charge in [0.05, 0.1) is 5.39 Å². The Bertz CT molecular complexity index is 1220. The summed E-state index contributed by atoms with van der Waals surface area (Å²) in [6.45, 7) is 0. The lowest BCUT2D eigenvalue weighted by atomic mass is 9.95. The summed E-state index contributed by atoms with van der Waals surface area (Å²) in [5, 5.41) is 20.3. The van der Waals surface area contributed by atoms with Gasteiger partial charge in [-0.1, -0.05) is 54.6 Å². The van der Waals surface area contributed by atoms with Crippen LogP contribution in [0.4, 0.5) is 0 Å². The van der Waals surface area contributed by atoms with Crippen LogP contribution in [-0.4, -0.2) is 0 Å². The first-order valence-corrected chi connectivity index (χ1v) is 7.68. The topological polar surface area (TPSA) is 26.9 Å². The molecule has 4 aromatic carbocycles. The molecule has 108 valence electrons. The van der Waals surface area contributed by atoms with E-state index in [2.05, 4.69) is 36.4 Å². The van der Waals surface area contributed by atoms with E-state index in [9.17, 15) is 5.21 Å². The smallest absolute Gasteiger partial charge is 0.225 e. The van der Waals surface area contributed by atoms with Crippen molar-refractivity contribution in [2.45, 2.75) is 0 Å². The molecule has 0 saturated heterocycles. The normalized spacial score (nSPS) is 11.7. The zero-order chi connectivity index (χ0) is 15.4. The van der Waals surface area contributed by atoms with Gasteiger partial charge in [0.15, 0.2) is 6.20 Å². The Hall–Kier alpha value is -3.13. The Morgan fingerprint density at radius 1 is 0.565 bits per heavy atom. The second-order valence-electron chi connectivity index (χ2n) is 5.89. The number of aromatic nitrogens is 1. The van der Waals surface area contributed by atoms with Crippen molar-refractivity contribution >= 4 is 43.2 Å². The Kier molecular flexibility index (Phi) is 2.39. The average molecular weight is 295 g/mol. The molecule has 0 spiro atoms. The number of fused-ring (bicyclic) bond motifs is 7. The van der Waals surface area contributed by atoms with Crippen LogP contribution in [0.25, 0.3) is 43.2 Å². The van der Waals surface area contributed by atoms with Gasteiger partial charge >= 0.3 is 0 Å². The molecule has 5 aromatic rings. The molecule has 2 nitrogen and oxygen atoms in total. The molecule has 0 aliphatic rings. The van der Waals surface area contributed by atoms with E-state index in [1.807, 2.05) is 36.4 Å². The maximum Gasteiger partial charge on any atom is 0.225 e. The highest BCUT2D eigenvalue weighted by Crippen LogP contribution is 2.34. The van der Waals surface area contributed by atoms with Gasteiger partial charge in [-0.3, -0.25) is 0 Å². The summed E-state index contributed by atoms with van der Waals surface area (Å²) < 4.78 is 0.985. The monoisotopic (exact) mass is 295 g/mol. The van der Waals surface area contributed by atoms with Crippen molar-refractivity contribution in [3.8, 4) is 0 Å². The lowest BCUT2D eigenvalue weighted by Gasteiger charge is -2.10. The van der Waals surface area contributed by atoms with Crippen LogP contribution in [0.5, 0.6) is 0 Å². The summed E-state index contributed by atoms with van der Waals surface area (Å²) in [4.78, 5) is 0. The zero-order valence-corrected chi connectivity index (χ0v) is 12.4. The number of pyridine rings is 1. The molecule has 0 bridgehead atoms. The largest absolute Gasteiger partial charge is 0.618 e. The first-order chi connectivity index (χ1) is 11.3. The molecule has 2 heteroatoms. The fraction of sp³-hybridized carbons (Fsp3) is 0. The van der Waals surface area contributed by atoms with Gasteiger partial charge in [-0.2, -0.15) is 4.73 Å². The van der Waals surface area contributed by atoms with Crippen molar-refractivity contribution in [1.29, 1.82) is 0 Å². The van der Waals surface area contributed by atoms with Gasteiger partial charge in [-0.05, 0) is 28.3 Å². The highest BCUT2D eigenvalue weighted by Gasteiger charge is 2.14. The van der Waals surface area contributed by atoms with Crippen LogP contribution in [-0.2, 0) is 0 Å². The number of hydrogen-bond acceptors (Lipinski definition) is 1. The van der Waals surface area contributed by atoms with E-state index in [1.165, 1.54) is 10.8 Å². The SMILES string of the molecule is [O-][n+]1cc2ccccc2c2c3c(ccc4ccccc43)ccc21. The minimum atomic E-state index is 0.715. The van der Waals surface area contributed by atoms with E-state index in [0.29, 0.717) is 5.52 Å². The van der Waals surface area contributed by atoms with Gasteiger partial charge in [0, 0.05) is 22.2 Å². The number of nitrogens with zero attached hydrogens (tertiary/aromatic N) is 1. The van der Waals surface area contributed by atoms with E-state index < -0.39 is 0 Å². The minimum absolute atomic E-state index is 0.715. The number of rotatable bonds is 0. The number of benzene rings is 4. The molecular formula is C21H13NO. The van der Waals surface area contributed by atoms with Gasteiger partial charge < -0.3 is 5.21 Å². The van der Waals surface area contributed by atoms with Crippen LogP contribution >= 0.6 is 0 Å². The summed E-state index contributed by atoms with van der Waals surface area (Å²) in [7, 11) is 0. The first-order valence-electron chi connectivity index (χ1n) is 7.68. The van der Waals surface area contributed by atoms with E-state index in [0.717, 1.165) is 31.7 Å². The molecule has 1 heterocycles. The van der Waals surface area contributed by atoms with E-state index in [1.54, 1.807) is 6.20 Å². The van der Waals surface area contributed by atoms with Crippen LogP contribution in [0.2, 0.25) is 0 Å². The minimum Gasteiger partial charge on any atom is -0.618 e. The summed E-state index contributed by atoms with van der Waals surface area (Å²) in [6, 6.07) is 24.7. The van der Waals surface area contributed by atoms with Gasteiger partial charge in [-0.25, -0.2) is 0 Å². The summed E-state index contributed by atoms with van der Waals surface area (Å²) >= 11 is 0. The lowest BCUT2D eigenvalue weighted by molar-refractivity contribution is -0.575. The van der Waals surface area contributed by atoms with Crippen molar-refractivity contribution in [2.24, 2.45) is 0 Å². The standard InChI is InChI=1S/C21H13NO/c23-22-13-16-6-2-4-8-18(16)21-19(22)12-11-15-10-9-14-5-1-3-7-17(14)20(15)21/h1-13H. The van der Waals surface area contributed by atoms with Gasteiger partial charge in [0.2, 0.25) is 5.52 Å². The molecule has 0 aliphatic carbocycles. The quantitative estimate of drug-likeness (QED) is 0.226. The van der Waals surface area contributed by atoms with Gasteiger partial charge in [0.25, 0.3) is 0 Å². The molecule has 0 N–H and O–H groups in total. The molecule has 5 rings (SSSR count). The Morgan fingerprint density at radius 3 is 2.00 bits per heavy atom. The third-order valence-electron chi connectivity index (χ3n) is 4.61. The predicted molar refractivity (Wildman–Crippen MR) is 95.4 cm³/mol. The summed E-state index contributed by atoms with van der Waals surface area (Å²) in [5.74, 6) is 0. The zero-order valence-electron chi connectivity index (χ0n) is 12.4. The molecule has 0 amide bonds. The highest BCUT2D eigenvalue weighted by molar-refractivity contribution is 6.25. The molecule has 0 saturated carbocycles. The van der Waals surface area contributed by atoms with Crippen LogP contribution in [0.15, 0.2) is 79.0 Å². The Labute approximate surface area is 132 Å². The number of hydrogen-bond donors (Lipinski definition) is 0. The van der Waals surface area contributed by atoms with E-state index in [4.69, 9.17) is 0 Å². The Balaban J connectivity index is 2.21. The third-order valence-corrected chi connectivity index (χ3v) is 4.61. The maximum atomic E-state index is 12.5. The lowest BCUT2D eigenvalue weighted by Crippen LogP contribution is -2.26. The van der Waals surface area contributed by atoms with Crippen molar-refractivity contribution < 1.29 is 4.73 Å². The van der Waals surface area contributed by atoms with Gasteiger partial charge in [0.1, 0.15) is 0 Å². The summed E-state index contributed by atoms with van der Waals surface area (Å²) in [6.07, 6.45) is 1.66. The molecule has 0 unspecified atom stereocenters. The van der Waals surface area contributed by atoms with Crippen molar-refractivity contribution in [1.82, 2.24) is 0 Å². The predicted octanol–water partition coefficient (Wildman–Crippen LogP) is 4.93. The molecule has 0 atom stereocenters. The molecule has 1 aromatic heterocycles. The maximum absolute atomic E-state index is 12.5. The van der Waals surface area contributed by atoms with Crippen LogP contribution < -0.4 is 4.73 Å². The fourth-order valence-electron chi connectivity index (χ4n) is 3.58. The van der Waals surface area contributed by atoms with E-state index >= 15 is 0 Å². The van der Waals surface area contributed by atoms with E-state index in [-0.39, 0.29) is 0 Å². The van der Waals surface area contributed by atoms with Crippen LogP contribution in [0, 0.1) is 5.21 Å².